The average molecular weight is 894 g/mol. The van der Waals surface area contributed by atoms with E-state index in [0.29, 0.717) is 13.0 Å². The molecule has 0 bridgehead atoms. The van der Waals surface area contributed by atoms with Crippen LogP contribution in [0.2, 0.25) is 0 Å². The van der Waals surface area contributed by atoms with Crippen LogP contribution in [0.1, 0.15) is 266 Å². The van der Waals surface area contributed by atoms with Gasteiger partial charge in [0, 0.05) is 39.3 Å². The van der Waals surface area contributed by atoms with Gasteiger partial charge in [0.2, 0.25) is 0 Å². The van der Waals surface area contributed by atoms with Crippen molar-refractivity contribution in [2.45, 2.75) is 278 Å². The Labute approximate surface area is 391 Å². The second kappa shape index (κ2) is 47.3. The zero-order valence-electron chi connectivity index (χ0n) is 42.8. The number of ether oxygens (including phenoxy) is 6. The molecule has 0 saturated heterocycles. The molecule has 0 aromatic heterocycles. The zero-order valence-corrected chi connectivity index (χ0v) is 42.8. The van der Waals surface area contributed by atoms with Gasteiger partial charge in [0.25, 0.3) is 0 Å². The van der Waals surface area contributed by atoms with Crippen LogP contribution >= 0.6 is 0 Å². The predicted octanol–water partition coefficient (Wildman–Crippen LogP) is 16.0. The fraction of sp³-hybridized carbons (Fsp3) is 0.945. The number of hydrogen-bond acceptors (Lipinski definition) is 8. The van der Waals surface area contributed by atoms with Crippen molar-refractivity contribution in [1.29, 1.82) is 0 Å². The van der Waals surface area contributed by atoms with E-state index < -0.39 is 0 Å². The van der Waals surface area contributed by atoms with E-state index in [0.717, 1.165) is 123 Å². The van der Waals surface area contributed by atoms with E-state index in [1.165, 1.54) is 160 Å². The molecule has 374 valence electrons. The summed E-state index contributed by atoms with van der Waals surface area (Å²) in [5, 5.41) is 0. The molecule has 0 heterocycles. The fourth-order valence-corrected chi connectivity index (χ4v) is 8.03. The Morgan fingerprint density at radius 3 is 1.19 bits per heavy atom. The van der Waals surface area contributed by atoms with Crippen LogP contribution in [0.25, 0.3) is 0 Å². The summed E-state index contributed by atoms with van der Waals surface area (Å²) in [4.78, 5) is 15.1. The van der Waals surface area contributed by atoms with Gasteiger partial charge in [-0.1, -0.05) is 144 Å². The topological polar surface area (TPSA) is 75.7 Å². The van der Waals surface area contributed by atoms with Crippen LogP contribution in [-0.2, 0) is 33.2 Å². The SMILES string of the molecule is CCCCCCOC(CCCCC(=O)OCCCCCCN(CCCC)CCCCCCOC(CCCCC(OCCCCCC)OCCCCCC)=C1CC1)OCCCCCC. The highest BCUT2D eigenvalue weighted by atomic mass is 16.7. The van der Waals surface area contributed by atoms with Crippen molar-refractivity contribution in [2.75, 3.05) is 59.3 Å². The highest BCUT2D eigenvalue weighted by Crippen LogP contribution is 2.34. The van der Waals surface area contributed by atoms with Crippen LogP contribution in [0.15, 0.2) is 11.3 Å². The minimum absolute atomic E-state index is 0.0474. The number of allylic oxidation sites excluding steroid dienone is 2. The van der Waals surface area contributed by atoms with Gasteiger partial charge in [0.1, 0.15) is 0 Å². The first-order chi connectivity index (χ1) is 31.1. The second-order valence-corrected chi connectivity index (χ2v) is 18.7. The van der Waals surface area contributed by atoms with Crippen molar-refractivity contribution in [1.82, 2.24) is 4.90 Å². The predicted molar refractivity (Wildman–Crippen MR) is 266 cm³/mol. The number of carbonyl (C=O) groups excluding carboxylic acids is 1. The molecule has 63 heavy (non-hydrogen) atoms. The summed E-state index contributed by atoms with van der Waals surface area (Å²) in [5.74, 6) is 1.24. The maximum Gasteiger partial charge on any atom is 0.305 e. The molecule has 8 nitrogen and oxygen atoms in total. The van der Waals surface area contributed by atoms with Crippen molar-refractivity contribution >= 4 is 5.97 Å². The molecular formula is C55H107NO7. The summed E-state index contributed by atoms with van der Waals surface area (Å²) in [6, 6.07) is 0. The van der Waals surface area contributed by atoms with Crippen molar-refractivity contribution in [3.8, 4) is 0 Å². The van der Waals surface area contributed by atoms with Gasteiger partial charge in [-0.25, -0.2) is 0 Å². The number of hydrogen-bond donors (Lipinski definition) is 0. The molecule has 0 atom stereocenters. The molecule has 0 amide bonds. The molecule has 1 aliphatic rings. The largest absolute Gasteiger partial charge is 0.498 e. The smallest absolute Gasteiger partial charge is 0.305 e. The number of nitrogens with zero attached hydrogens (tertiary/aromatic N) is 1. The molecule has 8 heteroatoms. The van der Waals surface area contributed by atoms with Gasteiger partial charge in [-0.05, 0) is 134 Å². The van der Waals surface area contributed by atoms with Gasteiger partial charge in [-0.2, -0.15) is 0 Å². The van der Waals surface area contributed by atoms with Crippen LogP contribution in [0.3, 0.4) is 0 Å². The molecule has 1 fully saturated rings. The minimum atomic E-state index is -0.141. The lowest BCUT2D eigenvalue weighted by molar-refractivity contribution is -0.149. The summed E-state index contributed by atoms with van der Waals surface area (Å²) in [7, 11) is 0. The van der Waals surface area contributed by atoms with Gasteiger partial charge < -0.3 is 33.3 Å². The Kier molecular flexibility index (Phi) is 44.9. The van der Waals surface area contributed by atoms with Crippen LogP contribution in [0, 0.1) is 0 Å². The van der Waals surface area contributed by atoms with Gasteiger partial charge in [0.05, 0.1) is 19.0 Å². The maximum atomic E-state index is 12.4. The number of rotatable bonds is 52. The molecule has 0 aromatic rings. The van der Waals surface area contributed by atoms with E-state index >= 15 is 0 Å². The second-order valence-electron chi connectivity index (χ2n) is 18.7. The summed E-state index contributed by atoms with van der Waals surface area (Å²) in [6.07, 6.45) is 41.2. The van der Waals surface area contributed by atoms with Crippen LogP contribution in [-0.4, -0.2) is 82.7 Å². The third-order valence-electron chi connectivity index (χ3n) is 12.4. The molecule has 0 radical (unpaired) electrons. The van der Waals surface area contributed by atoms with Crippen molar-refractivity contribution in [3.63, 3.8) is 0 Å². The van der Waals surface area contributed by atoms with E-state index in [1.54, 1.807) is 5.57 Å². The number of unbranched alkanes of at least 4 members (excludes halogenated alkanes) is 21. The van der Waals surface area contributed by atoms with Gasteiger partial charge >= 0.3 is 5.97 Å². The highest BCUT2D eigenvalue weighted by molar-refractivity contribution is 5.69. The number of carbonyl (C=O) groups is 1. The maximum absolute atomic E-state index is 12.4. The minimum Gasteiger partial charge on any atom is -0.498 e. The van der Waals surface area contributed by atoms with Crippen LogP contribution in [0.4, 0.5) is 0 Å². The van der Waals surface area contributed by atoms with Gasteiger partial charge in [0.15, 0.2) is 12.6 Å². The molecule has 0 unspecified atom stereocenters. The van der Waals surface area contributed by atoms with Crippen molar-refractivity contribution in [2.24, 2.45) is 0 Å². The normalized spacial score (nSPS) is 12.7. The van der Waals surface area contributed by atoms with Gasteiger partial charge in [-0.15, -0.1) is 0 Å². The quantitative estimate of drug-likeness (QED) is 0.0259. The van der Waals surface area contributed by atoms with E-state index in [9.17, 15) is 4.79 Å². The standard InChI is InChI=1S/C55H107NO7/c1-6-11-16-30-47-60-54(61-48-31-17-12-7-2)38-26-24-36-52(51-40-41-51)58-45-34-22-20-28-43-56(42-15-10-5)44-29-21-23-35-46-59-53(57)37-25-27-39-55(62-49-32-18-13-8-3)63-50-33-19-14-9-4/h54-55H,6-50H2,1-5H3. The molecule has 0 N–H and O–H groups in total. The Morgan fingerprint density at radius 1 is 0.397 bits per heavy atom. The first kappa shape index (κ1) is 59.8. The Hall–Kier alpha value is -1.19. The van der Waals surface area contributed by atoms with Crippen molar-refractivity contribution in [3.05, 3.63) is 11.3 Å². The third kappa shape index (κ3) is 40.8. The van der Waals surface area contributed by atoms with E-state index in [1.807, 2.05) is 0 Å². The number of esters is 1. The first-order valence-electron chi connectivity index (χ1n) is 27.8. The lowest BCUT2D eigenvalue weighted by atomic mass is 10.1. The van der Waals surface area contributed by atoms with E-state index in [-0.39, 0.29) is 18.5 Å². The summed E-state index contributed by atoms with van der Waals surface area (Å²) < 4.78 is 36.6. The lowest BCUT2D eigenvalue weighted by Crippen LogP contribution is -2.27. The Balaban J connectivity index is 2.18. The van der Waals surface area contributed by atoms with Gasteiger partial charge in [-0.3, -0.25) is 4.79 Å². The fourth-order valence-electron chi connectivity index (χ4n) is 8.03. The molecule has 1 aliphatic carbocycles. The van der Waals surface area contributed by atoms with E-state index in [4.69, 9.17) is 28.4 Å². The zero-order chi connectivity index (χ0) is 45.5. The molecule has 1 saturated carbocycles. The Morgan fingerprint density at radius 2 is 0.762 bits per heavy atom. The van der Waals surface area contributed by atoms with E-state index in [2.05, 4.69) is 39.5 Å². The third-order valence-corrected chi connectivity index (χ3v) is 12.4. The summed E-state index contributed by atoms with van der Waals surface area (Å²) >= 11 is 0. The molecule has 0 spiro atoms. The van der Waals surface area contributed by atoms with Crippen LogP contribution < -0.4 is 0 Å². The highest BCUT2D eigenvalue weighted by Gasteiger charge is 2.19. The molecular weight excluding hydrogens is 787 g/mol. The summed E-state index contributed by atoms with van der Waals surface area (Å²) in [6.45, 7) is 19.5. The molecule has 0 aromatic carbocycles. The first-order valence-corrected chi connectivity index (χ1v) is 27.8. The van der Waals surface area contributed by atoms with Crippen molar-refractivity contribution < 1.29 is 33.2 Å². The molecule has 1 rings (SSSR count). The lowest BCUT2D eigenvalue weighted by Gasteiger charge is -2.22. The molecule has 0 aliphatic heterocycles. The average Bonchev–Trinajstić information content (AvgIpc) is 4.14. The van der Waals surface area contributed by atoms with Crippen LogP contribution in [0.5, 0.6) is 0 Å². The monoisotopic (exact) mass is 894 g/mol. The summed E-state index contributed by atoms with van der Waals surface area (Å²) in [5.41, 5.74) is 1.56. The Bertz CT molecular complexity index is 958.